The van der Waals surface area contributed by atoms with Crippen molar-refractivity contribution in [1.82, 2.24) is 15.3 Å². The molecule has 61 heavy (non-hydrogen) atoms. The molecule has 0 saturated carbocycles. The molecule has 0 spiro atoms. The van der Waals surface area contributed by atoms with Crippen LogP contribution in [0.2, 0.25) is 0 Å². The number of rotatable bonds is 9. The monoisotopic (exact) mass is 780 g/mol. The lowest BCUT2D eigenvalue weighted by Gasteiger charge is -2.29. The first-order chi connectivity index (χ1) is 30.2. The smallest absolute Gasteiger partial charge is 0.160 e. The van der Waals surface area contributed by atoms with E-state index in [1.54, 1.807) is 0 Å². The number of benzene rings is 8. The van der Waals surface area contributed by atoms with Crippen molar-refractivity contribution in [1.29, 1.82) is 5.41 Å². The fraction of sp³-hybridized carbons (Fsp3) is 0. The Bertz CT molecular complexity index is 3080. The maximum absolute atomic E-state index is 8.53. The number of allylic oxidation sites excluding steroid dienone is 1. The van der Waals surface area contributed by atoms with Gasteiger partial charge in [0.1, 0.15) is 0 Å². The minimum absolute atomic E-state index is 0.686. The van der Waals surface area contributed by atoms with Crippen LogP contribution in [0, 0.1) is 5.41 Å². The fourth-order valence-corrected chi connectivity index (χ4v) is 8.20. The van der Waals surface area contributed by atoms with E-state index >= 15 is 0 Å². The zero-order chi connectivity index (χ0) is 41.0. The molecule has 9 aromatic rings. The van der Waals surface area contributed by atoms with Gasteiger partial charge in [-0.2, -0.15) is 0 Å². The minimum Gasteiger partial charge on any atom is -0.353 e. The third-order valence-electron chi connectivity index (χ3n) is 11.2. The Kier molecular flexibility index (Phi) is 10.1. The molecule has 4 heteroatoms. The van der Waals surface area contributed by atoms with Gasteiger partial charge in [0.05, 0.1) is 22.8 Å². The number of hydrogen-bond donors (Lipinski definition) is 2. The molecule has 2 heterocycles. The summed E-state index contributed by atoms with van der Waals surface area (Å²) in [6.07, 6.45) is 1.46. The largest absolute Gasteiger partial charge is 0.353 e. The lowest BCUT2D eigenvalue weighted by Crippen LogP contribution is -2.21. The molecule has 0 bridgehead atoms. The Labute approximate surface area is 356 Å². The van der Waals surface area contributed by atoms with Gasteiger partial charge < -0.3 is 10.7 Å². The highest BCUT2D eigenvalue weighted by Crippen LogP contribution is 2.42. The first-order valence-electron chi connectivity index (χ1n) is 20.5. The van der Waals surface area contributed by atoms with Gasteiger partial charge in [0.25, 0.3) is 0 Å². The Morgan fingerprint density at radius 2 is 0.820 bits per heavy atom. The second-order valence-electron chi connectivity index (χ2n) is 15.0. The average Bonchev–Trinajstić information content (AvgIpc) is 3.35. The first-order valence-corrected chi connectivity index (χ1v) is 20.5. The van der Waals surface area contributed by atoms with Gasteiger partial charge in [0.2, 0.25) is 0 Å². The van der Waals surface area contributed by atoms with E-state index in [1.165, 1.54) is 11.8 Å². The molecule has 0 atom stereocenters. The van der Waals surface area contributed by atoms with E-state index in [-0.39, 0.29) is 0 Å². The number of nitrogens with one attached hydrogen (secondary N) is 2. The summed E-state index contributed by atoms with van der Waals surface area (Å²) in [6.45, 7) is 0. The maximum Gasteiger partial charge on any atom is 0.160 e. The zero-order valence-corrected chi connectivity index (χ0v) is 33.3. The van der Waals surface area contributed by atoms with Gasteiger partial charge >= 0.3 is 0 Å². The Hall–Kier alpha value is -8.21. The van der Waals surface area contributed by atoms with Crippen molar-refractivity contribution in [2.45, 2.75) is 0 Å². The van der Waals surface area contributed by atoms with E-state index in [1.807, 2.05) is 48.5 Å². The number of nitrogens with zero attached hydrogens (tertiary/aromatic N) is 2. The van der Waals surface area contributed by atoms with Crippen LogP contribution < -0.4 is 5.32 Å². The summed E-state index contributed by atoms with van der Waals surface area (Å²) in [7, 11) is 0. The number of hydrogen-bond acceptors (Lipinski definition) is 4. The molecule has 1 aliphatic rings. The second kappa shape index (κ2) is 16.6. The standard InChI is InChI=1S/C57H40N4/c58-38-51(41-19-7-2-8-20-41)56-50-30-14-13-29-49(50)54(55(61-56)43-21-9-3-10-22-43)42-33-31-40(32-34-42)46-26-16-28-48(36-46)53-37-52(59-57(60-53)44-23-11-4-12-24-44)47-27-15-25-45(35-47)39-17-5-1-6-18-39/h1-38,58,61H. The molecule has 1 aliphatic heterocycles. The highest BCUT2D eigenvalue weighted by Gasteiger charge is 2.26. The quantitative estimate of drug-likeness (QED) is 0.143. The van der Waals surface area contributed by atoms with Crippen LogP contribution in [0.15, 0.2) is 224 Å². The van der Waals surface area contributed by atoms with Gasteiger partial charge in [0.15, 0.2) is 5.82 Å². The van der Waals surface area contributed by atoms with Gasteiger partial charge in [-0.25, -0.2) is 9.97 Å². The maximum atomic E-state index is 8.53. The molecule has 288 valence electrons. The van der Waals surface area contributed by atoms with Crippen LogP contribution in [-0.2, 0) is 0 Å². The van der Waals surface area contributed by atoms with Crippen LogP contribution in [0.1, 0.15) is 27.8 Å². The van der Waals surface area contributed by atoms with Gasteiger partial charge in [-0.3, -0.25) is 0 Å². The lowest BCUT2D eigenvalue weighted by molar-refractivity contribution is 1.18. The summed E-state index contributed by atoms with van der Waals surface area (Å²) in [5.41, 5.74) is 18.5. The summed E-state index contributed by atoms with van der Waals surface area (Å²) in [6, 6.07) is 77.9. The summed E-state index contributed by atoms with van der Waals surface area (Å²) in [5.74, 6) is 0.686. The molecule has 0 radical (unpaired) electrons. The fourth-order valence-electron chi connectivity index (χ4n) is 8.20. The molecule has 4 nitrogen and oxygen atoms in total. The van der Waals surface area contributed by atoms with Crippen LogP contribution in [0.4, 0.5) is 0 Å². The minimum atomic E-state index is 0.686. The average molecular weight is 781 g/mol. The van der Waals surface area contributed by atoms with Crippen molar-refractivity contribution in [3.63, 3.8) is 0 Å². The van der Waals surface area contributed by atoms with Crippen LogP contribution in [0.3, 0.4) is 0 Å². The molecule has 0 amide bonds. The van der Waals surface area contributed by atoms with Crippen LogP contribution in [0.25, 0.3) is 78.7 Å². The SMILES string of the molecule is N=CC(=C1NC(c2ccccc2)=C(c2ccc(-c3cccc(-c4cc(-c5cccc(-c6ccccc6)c5)nc(-c5ccccc5)n4)c3)cc2)c2ccccc21)c1ccccc1. The van der Waals surface area contributed by atoms with Crippen LogP contribution >= 0.6 is 0 Å². The van der Waals surface area contributed by atoms with Crippen molar-refractivity contribution in [2.75, 3.05) is 0 Å². The molecule has 0 fully saturated rings. The van der Waals surface area contributed by atoms with E-state index in [0.29, 0.717) is 5.82 Å². The highest BCUT2D eigenvalue weighted by atomic mass is 14.9. The molecular formula is C57H40N4. The molecule has 8 aromatic carbocycles. The molecule has 2 N–H and O–H groups in total. The topological polar surface area (TPSA) is 61.7 Å². The summed E-state index contributed by atoms with van der Waals surface area (Å²) < 4.78 is 0. The van der Waals surface area contributed by atoms with E-state index < -0.39 is 0 Å². The molecule has 1 aromatic heterocycles. The Morgan fingerprint density at radius 1 is 0.377 bits per heavy atom. The molecule has 0 saturated heterocycles. The summed E-state index contributed by atoms with van der Waals surface area (Å²) in [5, 5.41) is 12.4. The van der Waals surface area contributed by atoms with Gasteiger partial charge in [-0.1, -0.05) is 206 Å². The van der Waals surface area contributed by atoms with E-state index in [4.69, 9.17) is 15.4 Å². The van der Waals surface area contributed by atoms with E-state index in [2.05, 4.69) is 181 Å². The Balaban J connectivity index is 1.05. The van der Waals surface area contributed by atoms with E-state index in [9.17, 15) is 0 Å². The molecule has 10 rings (SSSR count). The predicted octanol–water partition coefficient (Wildman–Crippen LogP) is 13.8. The molecule has 0 aliphatic carbocycles. The van der Waals surface area contributed by atoms with Crippen molar-refractivity contribution in [2.24, 2.45) is 0 Å². The van der Waals surface area contributed by atoms with Crippen molar-refractivity contribution < 1.29 is 0 Å². The number of aromatic nitrogens is 2. The molecular weight excluding hydrogens is 741 g/mol. The normalized spacial score (nSPS) is 12.9. The van der Waals surface area contributed by atoms with Gasteiger partial charge in [-0.05, 0) is 62.7 Å². The van der Waals surface area contributed by atoms with E-state index in [0.717, 1.165) is 95.1 Å². The van der Waals surface area contributed by atoms with Crippen molar-refractivity contribution in [3.8, 4) is 56.2 Å². The third kappa shape index (κ3) is 7.51. The van der Waals surface area contributed by atoms with Crippen molar-refractivity contribution >= 4 is 28.8 Å². The summed E-state index contributed by atoms with van der Waals surface area (Å²) in [4.78, 5) is 10.3. The van der Waals surface area contributed by atoms with Crippen LogP contribution in [-0.4, -0.2) is 16.2 Å². The first kappa shape index (κ1) is 37.1. The number of fused-ring (bicyclic) bond motifs is 1. The zero-order valence-electron chi connectivity index (χ0n) is 33.3. The van der Waals surface area contributed by atoms with Gasteiger partial charge in [0, 0.05) is 39.6 Å². The van der Waals surface area contributed by atoms with Gasteiger partial charge in [-0.15, -0.1) is 0 Å². The predicted molar refractivity (Wildman–Crippen MR) is 253 cm³/mol. The highest BCUT2D eigenvalue weighted by molar-refractivity contribution is 6.21. The third-order valence-corrected chi connectivity index (χ3v) is 11.2. The Morgan fingerprint density at radius 3 is 1.39 bits per heavy atom. The van der Waals surface area contributed by atoms with Crippen molar-refractivity contribution in [3.05, 3.63) is 252 Å². The van der Waals surface area contributed by atoms with Crippen LogP contribution in [0.5, 0.6) is 0 Å². The molecule has 0 unspecified atom stereocenters. The second-order valence-corrected chi connectivity index (χ2v) is 15.0. The lowest BCUT2D eigenvalue weighted by atomic mass is 9.84. The summed E-state index contributed by atoms with van der Waals surface area (Å²) >= 11 is 0.